The lowest BCUT2D eigenvalue weighted by Gasteiger charge is -2.28. The third kappa shape index (κ3) is 8.90. The molecular weight excluding hydrogens is 538 g/mol. The van der Waals surface area contributed by atoms with E-state index in [1.807, 2.05) is 25.1 Å². The Morgan fingerprint density at radius 2 is 1.88 bits per heavy atom. The summed E-state index contributed by atoms with van der Waals surface area (Å²) in [4.78, 5) is 50.5. The van der Waals surface area contributed by atoms with Crippen LogP contribution in [0.3, 0.4) is 0 Å². The molecular formula is C32H45N3O7. The Labute approximate surface area is 248 Å². The third-order valence-corrected chi connectivity index (χ3v) is 7.18. The molecule has 1 aliphatic heterocycles. The predicted molar refractivity (Wildman–Crippen MR) is 159 cm³/mol. The number of carbonyl (C=O) groups excluding carboxylic acids is 3. The molecule has 3 atom stereocenters. The van der Waals surface area contributed by atoms with Crippen LogP contribution in [0, 0.1) is 5.92 Å². The average Bonchev–Trinajstić information content (AvgIpc) is 3.37. The summed E-state index contributed by atoms with van der Waals surface area (Å²) in [6.07, 6.45) is 6.13. The second-order valence-corrected chi connectivity index (χ2v) is 11.6. The number of unbranched alkanes of at least 4 members (excludes halogenated alkanes) is 3. The molecule has 1 saturated heterocycles. The van der Waals surface area contributed by atoms with Gasteiger partial charge in [-0.1, -0.05) is 25.8 Å². The molecule has 0 saturated carbocycles. The lowest BCUT2D eigenvalue weighted by molar-refractivity contribution is -0.159. The van der Waals surface area contributed by atoms with Crippen LogP contribution in [-0.2, 0) is 30.3 Å². The minimum absolute atomic E-state index is 0.0640. The molecule has 10 heteroatoms. The molecule has 0 aliphatic carbocycles. The SMILES string of the molecule is C=CCCCCC[C@H](CC(=O)OC(C)(C)C)C(=O)N1C[C@H](Oc2nc3cc(OC)ccc3nc2CC)C[C@H]1C(=O)OC. The maximum atomic E-state index is 14.0. The summed E-state index contributed by atoms with van der Waals surface area (Å²) in [7, 11) is 2.88. The first-order valence-electron chi connectivity index (χ1n) is 14.7. The number of carbonyl (C=O) groups is 3. The minimum atomic E-state index is -0.840. The fourth-order valence-corrected chi connectivity index (χ4v) is 5.14. The molecule has 42 heavy (non-hydrogen) atoms. The van der Waals surface area contributed by atoms with E-state index in [4.69, 9.17) is 28.9 Å². The van der Waals surface area contributed by atoms with E-state index < -0.39 is 35.6 Å². The number of amides is 1. The normalized spacial score (nSPS) is 17.5. The number of benzene rings is 1. The zero-order valence-electron chi connectivity index (χ0n) is 25.8. The molecule has 0 spiro atoms. The van der Waals surface area contributed by atoms with Crippen LogP contribution in [0.25, 0.3) is 11.0 Å². The third-order valence-electron chi connectivity index (χ3n) is 7.18. The molecule has 0 N–H and O–H groups in total. The summed E-state index contributed by atoms with van der Waals surface area (Å²) in [5.41, 5.74) is 1.34. The number of aromatic nitrogens is 2. The van der Waals surface area contributed by atoms with Gasteiger partial charge in [0.2, 0.25) is 11.8 Å². The van der Waals surface area contributed by atoms with Gasteiger partial charge in [0.1, 0.15) is 29.2 Å². The van der Waals surface area contributed by atoms with Crippen molar-refractivity contribution in [2.45, 2.75) is 96.8 Å². The quantitative estimate of drug-likeness (QED) is 0.168. The lowest BCUT2D eigenvalue weighted by Crippen LogP contribution is -2.45. The standard InChI is InChI=1S/C32H45N3O7/c1-8-10-11-12-13-14-21(17-28(36)42-32(3,4)5)30(37)35-20-23(19-27(35)31(38)40-7)41-29-24(9-2)33-25-16-15-22(39-6)18-26(25)34-29/h8,15-16,18,21,23,27H,1,9-14,17,19-20H2,2-7H3/t21-,23-,27+/m1/s1. The van der Waals surface area contributed by atoms with Crippen molar-refractivity contribution in [3.05, 3.63) is 36.5 Å². The monoisotopic (exact) mass is 583 g/mol. The maximum Gasteiger partial charge on any atom is 0.328 e. The van der Waals surface area contributed by atoms with Crippen LogP contribution in [0.4, 0.5) is 0 Å². The number of aryl methyl sites for hydroxylation is 1. The lowest BCUT2D eigenvalue weighted by atomic mass is 9.95. The number of methoxy groups -OCH3 is 2. The molecule has 0 radical (unpaired) electrons. The number of hydrogen-bond donors (Lipinski definition) is 0. The van der Waals surface area contributed by atoms with Gasteiger partial charge in [0, 0.05) is 18.4 Å². The van der Waals surface area contributed by atoms with E-state index in [9.17, 15) is 14.4 Å². The van der Waals surface area contributed by atoms with Crippen LogP contribution in [0.2, 0.25) is 0 Å². The topological polar surface area (TPSA) is 117 Å². The number of likely N-dealkylation sites (tertiary alicyclic amines) is 1. The van der Waals surface area contributed by atoms with Crippen molar-refractivity contribution in [3.8, 4) is 11.6 Å². The molecule has 2 heterocycles. The molecule has 1 aromatic heterocycles. The summed E-state index contributed by atoms with van der Waals surface area (Å²) in [6, 6.07) is 4.61. The number of fused-ring (bicyclic) bond motifs is 1. The fourth-order valence-electron chi connectivity index (χ4n) is 5.14. The highest BCUT2D eigenvalue weighted by molar-refractivity contribution is 5.89. The first kappa shape index (κ1) is 32.8. The summed E-state index contributed by atoms with van der Waals surface area (Å²) >= 11 is 0. The summed E-state index contributed by atoms with van der Waals surface area (Å²) in [5.74, 6) is -0.876. The van der Waals surface area contributed by atoms with Crippen molar-refractivity contribution in [3.63, 3.8) is 0 Å². The van der Waals surface area contributed by atoms with Crippen molar-refractivity contribution in [2.24, 2.45) is 5.92 Å². The maximum absolute atomic E-state index is 14.0. The van der Waals surface area contributed by atoms with Gasteiger partial charge in [-0.15, -0.1) is 6.58 Å². The van der Waals surface area contributed by atoms with Crippen molar-refractivity contribution >= 4 is 28.9 Å². The van der Waals surface area contributed by atoms with E-state index in [1.54, 1.807) is 33.9 Å². The van der Waals surface area contributed by atoms with Crippen molar-refractivity contribution in [1.82, 2.24) is 14.9 Å². The van der Waals surface area contributed by atoms with Gasteiger partial charge in [0.25, 0.3) is 0 Å². The zero-order chi connectivity index (χ0) is 30.9. The minimum Gasteiger partial charge on any atom is -0.497 e. The van der Waals surface area contributed by atoms with E-state index in [-0.39, 0.29) is 25.3 Å². The number of rotatable bonds is 14. The second kappa shape index (κ2) is 15.0. The average molecular weight is 584 g/mol. The van der Waals surface area contributed by atoms with Gasteiger partial charge >= 0.3 is 11.9 Å². The van der Waals surface area contributed by atoms with Gasteiger partial charge in [-0.05, 0) is 58.6 Å². The highest BCUT2D eigenvalue weighted by Gasteiger charge is 2.44. The molecule has 2 aromatic rings. The number of hydrogen-bond acceptors (Lipinski definition) is 9. The van der Waals surface area contributed by atoms with Gasteiger partial charge in [-0.2, -0.15) is 0 Å². The Morgan fingerprint density at radius 3 is 2.52 bits per heavy atom. The van der Waals surface area contributed by atoms with Gasteiger partial charge in [-0.25, -0.2) is 14.8 Å². The van der Waals surface area contributed by atoms with Crippen molar-refractivity contribution < 1.29 is 33.3 Å². The van der Waals surface area contributed by atoms with E-state index >= 15 is 0 Å². The van der Waals surface area contributed by atoms with E-state index in [2.05, 4.69) is 6.58 Å². The highest BCUT2D eigenvalue weighted by atomic mass is 16.6. The fraction of sp³-hybridized carbons (Fsp3) is 0.594. The summed E-state index contributed by atoms with van der Waals surface area (Å²) < 4.78 is 22.2. The Kier molecular flexibility index (Phi) is 11.7. The van der Waals surface area contributed by atoms with Crippen LogP contribution < -0.4 is 9.47 Å². The number of allylic oxidation sites excluding steroid dienone is 1. The van der Waals surface area contributed by atoms with Crippen LogP contribution in [0.1, 0.15) is 78.3 Å². The zero-order valence-corrected chi connectivity index (χ0v) is 25.8. The number of esters is 2. The molecule has 1 aliphatic rings. The van der Waals surface area contributed by atoms with E-state index in [0.29, 0.717) is 41.2 Å². The Balaban J connectivity index is 1.84. The van der Waals surface area contributed by atoms with Crippen molar-refractivity contribution in [2.75, 3.05) is 20.8 Å². The molecule has 0 bridgehead atoms. The first-order chi connectivity index (χ1) is 20.0. The van der Waals surface area contributed by atoms with E-state index in [1.165, 1.54) is 12.0 Å². The summed E-state index contributed by atoms with van der Waals surface area (Å²) in [6.45, 7) is 11.3. The van der Waals surface area contributed by atoms with Crippen LogP contribution >= 0.6 is 0 Å². The Morgan fingerprint density at radius 1 is 1.12 bits per heavy atom. The largest absolute Gasteiger partial charge is 0.497 e. The Bertz CT molecular complexity index is 1260. The molecule has 3 rings (SSSR count). The number of nitrogens with zero attached hydrogens (tertiary/aromatic N) is 3. The van der Waals surface area contributed by atoms with Crippen molar-refractivity contribution in [1.29, 1.82) is 0 Å². The Hall–Kier alpha value is -3.69. The molecule has 0 unspecified atom stereocenters. The molecule has 1 amide bonds. The summed E-state index contributed by atoms with van der Waals surface area (Å²) in [5, 5.41) is 0. The number of ether oxygens (including phenoxy) is 4. The van der Waals surface area contributed by atoms with Crippen LogP contribution in [0.5, 0.6) is 11.6 Å². The van der Waals surface area contributed by atoms with Gasteiger partial charge in [0.05, 0.1) is 38.2 Å². The van der Waals surface area contributed by atoms with Crippen LogP contribution in [-0.4, -0.2) is 71.2 Å². The molecule has 1 aromatic carbocycles. The highest BCUT2D eigenvalue weighted by Crippen LogP contribution is 2.30. The van der Waals surface area contributed by atoms with Gasteiger partial charge in [-0.3, -0.25) is 9.59 Å². The van der Waals surface area contributed by atoms with Gasteiger partial charge in [0.15, 0.2) is 0 Å². The van der Waals surface area contributed by atoms with E-state index in [0.717, 1.165) is 25.7 Å². The predicted octanol–water partition coefficient (Wildman–Crippen LogP) is 5.21. The van der Waals surface area contributed by atoms with Crippen LogP contribution in [0.15, 0.2) is 30.9 Å². The first-order valence-corrected chi connectivity index (χ1v) is 14.7. The molecule has 10 nitrogen and oxygen atoms in total. The molecule has 1 fully saturated rings. The molecule has 230 valence electrons. The van der Waals surface area contributed by atoms with Gasteiger partial charge < -0.3 is 23.8 Å². The smallest absolute Gasteiger partial charge is 0.328 e. The second-order valence-electron chi connectivity index (χ2n) is 11.6.